The molecule has 138 valence electrons. The summed E-state index contributed by atoms with van der Waals surface area (Å²) in [5.41, 5.74) is 0.632. The highest BCUT2D eigenvalue weighted by Gasteiger charge is 2.16. The van der Waals surface area contributed by atoms with E-state index in [1.165, 1.54) is 55.2 Å². The first-order chi connectivity index (χ1) is 12.7. The van der Waals surface area contributed by atoms with Gasteiger partial charge < -0.3 is 10.6 Å². The molecular weight excluding hydrogens is 370 g/mol. The van der Waals surface area contributed by atoms with Crippen molar-refractivity contribution in [3.05, 3.63) is 30.3 Å². The number of nitrogens with one attached hydrogen (secondary N) is 3. The lowest BCUT2D eigenvalue weighted by atomic mass is 9.96. The van der Waals surface area contributed by atoms with E-state index in [9.17, 15) is 9.59 Å². The first-order valence-corrected chi connectivity index (χ1v) is 10.4. The highest BCUT2D eigenvalue weighted by atomic mass is 32.2. The minimum atomic E-state index is -0.543. The molecule has 0 aliphatic heterocycles. The van der Waals surface area contributed by atoms with Crippen LogP contribution < -0.4 is 16.0 Å². The molecule has 3 rings (SSSR count). The Morgan fingerprint density at radius 3 is 2.65 bits per heavy atom. The summed E-state index contributed by atoms with van der Waals surface area (Å²) in [4.78, 5) is 23.7. The van der Waals surface area contributed by atoms with Crippen molar-refractivity contribution in [3.8, 4) is 0 Å². The average Bonchev–Trinajstić information content (AvgIpc) is 3.09. The Balaban J connectivity index is 1.39. The van der Waals surface area contributed by atoms with Gasteiger partial charge in [-0.15, -0.1) is 10.2 Å². The molecule has 0 saturated heterocycles. The van der Waals surface area contributed by atoms with Gasteiger partial charge in [0, 0.05) is 11.7 Å². The summed E-state index contributed by atoms with van der Waals surface area (Å²) in [5, 5.41) is 17.3. The number of urea groups is 1. The second kappa shape index (κ2) is 9.54. The molecule has 1 fully saturated rings. The van der Waals surface area contributed by atoms with Gasteiger partial charge in [0.15, 0.2) is 4.34 Å². The van der Waals surface area contributed by atoms with Crippen LogP contribution in [-0.4, -0.2) is 33.9 Å². The number of imide groups is 1. The van der Waals surface area contributed by atoms with Crippen molar-refractivity contribution in [1.82, 2.24) is 15.5 Å². The number of hydrogen-bond donors (Lipinski definition) is 3. The molecule has 1 heterocycles. The summed E-state index contributed by atoms with van der Waals surface area (Å²) < 4.78 is 0.710. The van der Waals surface area contributed by atoms with Gasteiger partial charge in [0.05, 0.1) is 5.75 Å². The van der Waals surface area contributed by atoms with Crippen LogP contribution in [0.3, 0.4) is 0 Å². The number of nitrogens with zero attached hydrogens (tertiary/aromatic N) is 2. The summed E-state index contributed by atoms with van der Waals surface area (Å²) in [6, 6.07) is 8.90. The van der Waals surface area contributed by atoms with E-state index < -0.39 is 6.03 Å². The number of anilines is 2. The maximum Gasteiger partial charge on any atom is 0.325 e. The number of hydrogen-bond acceptors (Lipinski definition) is 7. The van der Waals surface area contributed by atoms with E-state index in [1.807, 2.05) is 18.2 Å². The highest BCUT2D eigenvalue weighted by molar-refractivity contribution is 8.01. The fourth-order valence-electron chi connectivity index (χ4n) is 2.72. The molecule has 1 aromatic heterocycles. The third-order valence-corrected chi connectivity index (χ3v) is 5.94. The number of rotatable bonds is 6. The van der Waals surface area contributed by atoms with E-state index in [1.54, 1.807) is 12.1 Å². The van der Waals surface area contributed by atoms with Crippen LogP contribution in [0.1, 0.15) is 32.1 Å². The Morgan fingerprint density at radius 1 is 1.12 bits per heavy atom. The summed E-state index contributed by atoms with van der Waals surface area (Å²) >= 11 is 2.71. The van der Waals surface area contributed by atoms with Crippen molar-refractivity contribution in [1.29, 1.82) is 0 Å². The fraction of sp³-hybridized carbons (Fsp3) is 0.412. The van der Waals surface area contributed by atoms with E-state index in [-0.39, 0.29) is 11.7 Å². The molecule has 7 nitrogen and oxygen atoms in total. The van der Waals surface area contributed by atoms with Gasteiger partial charge in [-0.3, -0.25) is 10.1 Å². The smallest absolute Gasteiger partial charge is 0.325 e. The highest BCUT2D eigenvalue weighted by Crippen LogP contribution is 2.28. The summed E-state index contributed by atoms with van der Waals surface area (Å²) in [5.74, 6) is -0.263. The van der Waals surface area contributed by atoms with Crippen LogP contribution in [-0.2, 0) is 4.79 Å². The van der Waals surface area contributed by atoms with Gasteiger partial charge in [0.2, 0.25) is 11.0 Å². The molecule has 2 aromatic rings. The van der Waals surface area contributed by atoms with E-state index in [0.29, 0.717) is 16.1 Å². The number of para-hydroxylation sites is 1. The van der Waals surface area contributed by atoms with Gasteiger partial charge in [0.1, 0.15) is 0 Å². The van der Waals surface area contributed by atoms with E-state index in [2.05, 4.69) is 26.1 Å². The van der Waals surface area contributed by atoms with Gasteiger partial charge >= 0.3 is 6.03 Å². The van der Waals surface area contributed by atoms with E-state index in [4.69, 9.17) is 0 Å². The zero-order valence-corrected chi connectivity index (χ0v) is 15.9. The molecule has 3 N–H and O–H groups in total. The second-order valence-electron chi connectivity index (χ2n) is 6.01. The molecule has 1 aromatic carbocycles. The zero-order valence-electron chi connectivity index (χ0n) is 14.2. The largest absolute Gasteiger partial charge is 0.357 e. The van der Waals surface area contributed by atoms with Crippen molar-refractivity contribution < 1.29 is 9.59 Å². The molecule has 1 aliphatic rings. The summed E-state index contributed by atoms with van der Waals surface area (Å²) in [7, 11) is 0. The Hall–Kier alpha value is -2.13. The zero-order chi connectivity index (χ0) is 18.2. The maximum absolute atomic E-state index is 11.9. The topological polar surface area (TPSA) is 96.0 Å². The van der Waals surface area contributed by atoms with Gasteiger partial charge in [-0.05, 0) is 25.0 Å². The molecular formula is C17H21N5O2S2. The van der Waals surface area contributed by atoms with Gasteiger partial charge in [0.25, 0.3) is 0 Å². The van der Waals surface area contributed by atoms with Crippen LogP contribution in [0.5, 0.6) is 0 Å². The van der Waals surface area contributed by atoms with Crippen LogP contribution in [0, 0.1) is 0 Å². The van der Waals surface area contributed by atoms with Crippen molar-refractivity contribution >= 4 is 45.9 Å². The first-order valence-electron chi connectivity index (χ1n) is 8.58. The first kappa shape index (κ1) is 18.7. The molecule has 0 atom stereocenters. The summed E-state index contributed by atoms with van der Waals surface area (Å²) in [6.07, 6.45) is 6.15. The lowest BCUT2D eigenvalue weighted by Gasteiger charge is -2.21. The van der Waals surface area contributed by atoms with Crippen molar-refractivity contribution in [2.75, 3.05) is 16.4 Å². The van der Waals surface area contributed by atoms with Gasteiger partial charge in [-0.1, -0.05) is 60.6 Å². The van der Waals surface area contributed by atoms with Crippen molar-refractivity contribution in [2.24, 2.45) is 0 Å². The number of benzene rings is 1. The monoisotopic (exact) mass is 391 g/mol. The Labute approximate surface area is 160 Å². The van der Waals surface area contributed by atoms with Crippen LogP contribution >= 0.6 is 23.1 Å². The van der Waals surface area contributed by atoms with E-state index >= 15 is 0 Å². The molecule has 26 heavy (non-hydrogen) atoms. The molecule has 0 unspecified atom stereocenters. The second-order valence-corrected chi connectivity index (χ2v) is 8.21. The van der Waals surface area contributed by atoms with Crippen LogP contribution in [0.25, 0.3) is 0 Å². The Morgan fingerprint density at radius 2 is 1.88 bits per heavy atom. The third kappa shape index (κ3) is 5.99. The minimum absolute atomic E-state index is 0.111. The predicted octanol–water partition coefficient (Wildman–Crippen LogP) is 3.72. The number of thioether (sulfide) groups is 1. The van der Waals surface area contributed by atoms with Gasteiger partial charge in [-0.2, -0.15) is 0 Å². The molecule has 1 saturated carbocycles. The lowest BCUT2D eigenvalue weighted by molar-refractivity contribution is -0.117. The third-order valence-electron chi connectivity index (χ3n) is 3.95. The minimum Gasteiger partial charge on any atom is -0.357 e. The lowest BCUT2D eigenvalue weighted by Crippen LogP contribution is -2.35. The summed E-state index contributed by atoms with van der Waals surface area (Å²) in [6.45, 7) is 0. The molecule has 3 amide bonds. The number of aromatic nitrogens is 2. The van der Waals surface area contributed by atoms with Crippen LogP contribution in [0.4, 0.5) is 15.6 Å². The molecule has 0 spiro atoms. The predicted molar refractivity (Wildman–Crippen MR) is 105 cm³/mol. The molecule has 9 heteroatoms. The Bertz CT molecular complexity index is 732. The normalized spacial score (nSPS) is 14.6. The van der Waals surface area contributed by atoms with E-state index in [0.717, 1.165) is 5.13 Å². The standard InChI is InChI=1S/C17H21N5O2S2/c23-14(20-15(24)18-12-7-3-1-4-8-12)11-25-17-22-21-16(26-17)19-13-9-5-2-6-10-13/h1,3-4,7-8,13H,2,5-6,9-11H2,(H,19,21)(H2,18,20,23,24). The number of carbonyl (C=O) groups excluding carboxylic acids is 2. The fourth-order valence-corrected chi connectivity index (χ4v) is 4.35. The number of amides is 3. The maximum atomic E-state index is 11.9. The van der Waals surface area contributed by atoms with Crippen molar-refractivity contribution in [2.45, 2.75) is 42.5 Å². The molecule has 1 aliphatic carbocycles. The SMILES string of the molecule is O=C(CSc1nnc(NC2CCCCC2)s1)NC(=O)Nc1ccccc1. The average molecular weight is 392 g/mol. The van der Waals surface area contributed by atoms with Crippen LogP contribution in [0.15, 0.2) is 34.7 Å². The van der Waals surface area contributed by atoms with Crippen LogP contribution in [0.2, 0.25) is 0 Å². The quantitative estimate of drug-likeness (QED) is 0.650. The van der Waals surface area contributed by atoms with Gasteiger partial charge in [-0.25, -0.2) is 4.79 Å². The molecule has 0 radical (unpaired) electrons. The Kier molecular flexibility index (Phi) is 6.84. The van der Waals surface area contributed by atoms with Crippen molar-refractivity contribution in [3.63, 3.8) is 0 Å². The molecule has 0 bridgehead atoms. The number of carbonyl (C=O) groups is 2.